The lowest BCUT2D eigenvalue weighted by molar-refractivity contribution is -0.156. The van der Waals surface area contributed by atoms with Crippen LogP contribution in [0.4, 0.5) is 8.78 Å². The number of hydrogen-bond acceptors (Lipinski definition) is 2. The Morgan fingerprint density at radius 2 is 2.11 bits per heavy atom. The first kappa shape index (κ1) is 13.9. The number of carbonyl (C=O) groups is 1. The fourth-order valence-electron chi connectivity index (χ4n) is 2.60. The fourth-order valence-corrected chi connectivity index (χ4v) is 2.85. The van der Waals surface area contributed by atoms with Gasteiger partial charge in [0.2, 0.25) is 0 Å². The summed E-state index contributed by atoms with van der Waals surface area (Å²) >= 11 is 5.72. The molecule has 2 atom stereocenters. The molecule has 1 aliphatic heterocycles. The molecule has 2 aliphatic rings. The molecule has 0 aromatic heterocycles. The summed E-state index contributed by atoms with van der Waals surface area (Å²) in [6.07, 6.45) is 3.47. The first-order chi connectivity index (χ1) is 8.53. The van der Waals surface area contributed by atoms with Crippen LogP contribution in [0.1, 0.15) is 38.5 Å². The molecular formula is C13H17ClF2O2. The summed E-state index contributed by atoms with van der Waals surface area (Å²) in [6.45, 7) is 0.379. The predicted octanol–water partition coefficient (Wildman–Crippen LogP) is 3.68. The third-order valence-electron chi connectivity index (χ3n) is 3.62. The summed E-state index contributed by atoms with van der Waals surface area (Å²) in [5.74, 6) is -4.47. The summed E-state index contributed by atoms with van der Waals surface area (Å²) in [4.78, 5) is 11.9. The van der Waals surface area contributed by atoms with E-state index in [2.05, 4.69) is 0 Å². The highest BCUT2D eigenvalue weighted by molar-refractivity contribution is 6.30. The van der Waals surface area contributed by atoms with E-state index < -0.39 is 23.0 Å². The van der Waals surface area contributed by atoms with E-state index in [1.165, 1.54) is 6.08 Å². The molecule has 1 aliphatic carbocycles. The molecule has 0 amide bonds. The quantitative estimate of drug-likeness (QED) is 0.676. The van der Waals surface area contributed by atoms with Gasteiger partial charge in [-0.15, -0.1) is 0 Å². The molecule has 5 heteroatoms. The van der Waals surface area contributed by atoms with Crippen molar-refractivity contribution >= 4 is 17.4 Å². The van der Waals surface area contributed by atoms with E-state index in [4.69, 9.17) is 16.3 Å². The summed E-state index contributed by atoms with van der Waals surface area (Å²) in [6, 6.07) is 0. The maximum atomic E-state index is 14.2. The van der Waals surface area contributed by atoms with Crippen molar-refractivity contribution in [2.75, 3.05) is 6.61 Å². The second-order valence-electron chi connectivity index (χ2n) is 4.93. The highest BCUT2D eigenvalue weighted by Gasteiger charge is 2.50. The number of allylic oxidation sites excluding steroid dienone is 2. The van der Waals surface area contributed by atoms with Crippen molar-refractivity contribution in [1.82, 2.24) is 0 Å². The standard InChI is InChI=1S/C13H17ClF2O2/c14-11-7-3-1-2-6-10(17)12-9(13(11,15)16)5-4-8-18-12/h7,9,12H,1-6,8H2/b11-7-/t9-,12+/m0/s1. The highest BCUT2D eigenvalue weighted by Crippen LogP contribution is 2.43. The molecule has 0 radical (unpaired) electrons. The van der Waals surface area contributed by atoms with Crippen molar-refractivity contribution in [1.29, 1.82) is 0 Å². The van der Waals surface area contributed by atoms with Crippen LogP contribution in [-0.4, -0.2) is 24.4 Å². The van der Waals surface area contributed by atoms with Gasteiger partial charge in [-0.05, 0) is 32.1 Å². The minimum absolute atomic E-state index is 0.203. The average molecular weight is 279 g/mol. The Hall–Kier alpha value is -0.480. The Bertz CT molecular complexity index is 355. The molecule has 0 aromatic carbocycles. The molecule has 1 fully saturated rings. The summed E-state index contributed by atoms with van der Waals surface area (Å²) in [5, 5.41) is -0.433. The molecule has 102 valence electrons. The molecule has 0 bridgehead atoms. The Labute approximate surface area is 110 Å². The van der Waals surface area contributed by atoms with Crippen LogP contribution < -0.4 is 0 Å². The molecular weight excluding hydrogens is 262 g/mol. The highest BCUT2D eigenvalue weighted by atomic mass is 35.5. The zero-order valence-electron chi connectivity index (χ0n) is 10.1. The lowest BCUT2D eigenvalue weighted by atomic mass is 9.83. The van der Waals surface area contributed by atoms with Crippen LogP contribution in [0.3, 0.4) is 0 Å². The van der Waals surface area contributed by atoms with Gasteiger partial charge in [-0.3, -0.25) is 4.79 Å². The topological polar surface area (TPSA) is 26.3 Å². The SMILES string of the molecule is O=C1CCCC/C=C(\Cl)C(F)(F)[C@H]2CCCO[C@@H]12. The third-order valence-corrected chi connectivity index (χ3v) is 4.03. The fraction of sp³-hybridized carbons (Fsp3) is 0.769. The van der Waals surface area contributed by atoms with Gasteiger partial charge in [-0.25, -0.2) is 0 Å². The van der Waals surface area contributed by atoms with Gasteiger partial charge in [0.15, 0.2) is 5.78 Å². The molecule has 0 spiro atoms. The summed E-state index contributed by atoms with van der Waals surface area (Å²) in [7, 11) is 0. The second kappa shape index (κ2) is 5.66. The molecule has 0 aromatic rings. The van der Waals surface area contributed by atoms with E-state index in [-0.39, 0.29) is 12.2 Å². The van der Waals surface area contributed by atoms with Crippen molar-refractivity contribution in [3.05, 3.63) is 11.1 Å². The lowest BCUT2D eigenvalue weighted by Gasteiger charge is -2.36. The second-order valence-corrected chi connectivity index (χ2v) is 5.33. The number of fused-ring (bicyclic) bond motifs is 1. The summed E-state index contributed by atoms with van der Waals surface area (Å²) < 4.78 is 33.8. The first-order valence-electron chi connectivity index (χ1n) is 6.41. The lowest BCUT2D eigenvalue weighted by Crippen LogP contribution is -2.46. The van der Waals surface area contributed by atoms with Gasteiger partial charge in [-0.2, -0.15) is 8.78 Å². The largest absolute Gasteiger partial charge is 0.370 e. The minimum atomic E-state index is -3.15. The molecule has 2 rings (SSSR count). The van der Waals surface area contributed by atoms with E-state index in [0.717, 1.165) is 0 Å². The smallest absolute Gasteiger partial charge is 0.288 e. The monoisotopic (exact) mass is 278 g/mol. The molecule has 18 heavy (non-hydrogen) atoms. The van der Waals surface area contributed by atoms with Gasteiger partial charge in [0.1, 0.15) is 6.10 Å². The number of hydrogen-bond donors (Lipinski definition) is 0. The van der Waals surface area contributed by atoms with Crippen molar-refractivity contribution < 1.29 is 18.3 Å². The molecule has 1 saturated heterocycles. The van der Waals surface area contributed by atoms with Crippen molar-refractivity contribution in [3.8, 4) is 0 Å². The number of ether oxygens (including phenoxy) is 1. The van der Waals surface area contributed by atoms with Crippen molar-refractivity contribution in [2.24, 2.45) is 5.92 Å². The number of carbonyl (C=O) groups excluding carboxylic acids is 1. The molecule has 0 saturated carbocycles. The maximum Gasteiger partial charge on any atom is 0.288 e. The Morgan fingerprint density at radius 3 is 2.89 bits per heavy atom. The third kappa shape index (κ3) is 2.75. The van der Waals surface area contributed by atoms with Crippen LogP contribution in [0.15, 0.2) is 11.1 Å². The number of alkyl halides is 2. The van der Waals surface area contributed by atoms with Gasteiger partial charge >= 0.3 is 0 Å². The predicted molar refractivity (Wildman–Crippen MR) is 64.8 cm³/mol. The number of ketones is 1. The summed E-state index contributed by atoms with van der Waals surface area (Å²) in [5.41, 5.74) is 0. The zero-order valence-corrected chi connectivity index (χ0v) is 10.9. The van der Waals surface area contributed by atoms with Crippen LogP contribution >= 0.6 is 11.6 Å². The van der Waals surface area contributed by atoms with Gasteiger partial charge < -0.3 is 4.74 Å². The van der Waals surface area contributed by atoms with E-state index in [0.29, 0.717) is 38.7 Å². The van der Waals surface area contributed by atoms with Gasteiger partial charge in [0.25, 0.3) is 5.92 Å². The van der Waals surface area contributed by atoms with Crippen LogP contribution in [0.25, 0.3) is 0 Å². The number of rotatable bonds is 0. The average Bonchev–Trinajstić information content (AvgIpc) is 2.37. The van der Waals surface area contributed by atoms with Gasteiger partial charge in [-0.1, -0.05) is 17.7 Å². The van der Waals surface area contributed by atoms with E-state index in [1.807, 2.05) is 0 Å². The van der Waals surface area contributed by atoms with E-state index in [1.54, 1.807) is 0 Å². The zero-order chi connectivity index (χ0) is 13.2. The Kier molecular flexibility index (Phi) is 4.38. The van der Waals surface area contributed by atoms with E-state index in [9.17, 15) is 13.6 Å². The Balaban J connectivity index is 2.31. The van der Waals surface area contributed by atoms with Crippen molar-refractivity contribution in [3.63, 3.8) is 0 Å². The van der Waals surface area contributed by atoms with Crippen molar-refractivity contribution in [2.45, 2.75) is 50.6 Å². The van der Waals surface area contributed by atoms with E-state index >= 15 is 0 Å². The number of halogens is 3. The van der Waals surface area contributed by atoms with Crippen LogP contribution in [-0.2, 0) is 9.53 Å². The Morgan fingerprint density at radius 1 is 1.33 bits per heavy atom. The van der Waals surface area contributed by atoms with Crippen LogP contribution in [0.5, 0.6) is 0 Å². The van der Waals surface area contributed by atoms with Gasteiger partial charge in [0, 0.05) is 13.0 Å². The molecule has 1 heterocycles. The molecule has 2 nitrogen and oxygen atoms in total. The van der Waals surface area contributed by atoms with Crippen LogP contribution in [0.2, 0.25) is 0 Å². The molecule has 0 N–H and O–H groups in total. The maximum absolute atomic E-state index is 14.2. The molecule has 0 unspecified atom stereocenters. The number of Topliss-reactive ketones (excluding diaryl/α,β-unsaturated/α-hetero) is 1. The minimum Gasteiger partial charge on any atom is -0.370 e. The van der Waals surface area contributed by atoms with Crippen LogP contribution in [0, 0.1) is 5.92 Å². The first-order valence-corrected chi connectivity index (χ1v) is 6.79. The van der Waals surface area contributed by atoms with Gasteiger partial charge in [0.05, 0.1) is 11.0 Å². The normalized spacial score (nSPS) is 36.4.